The van der Waals surface area contributed by atoms with Crippen molar-refractivity contribution < 1.29 is 0 Å². The van der Waals surface area contributed by atoms with Crippen molar-refractivity contribution in [2.75, 3.05) is 19.6 Å². The first-order valence-electron chi connectivity index (χ1n) is 7.52. The summed E-state index contributed by atoms with van der Waals surface area (Å²) in [5.74, 6) is 0. The number of nitrogens with one attached hydrogen (secondary N) is 1. The Bertz CT molecular complexity index is 424. The molecule has 106 valence electrons. The summed E-state index contributed by atoms with van der Waals surface area (Å²) >= 11 is 7.96. The molecule has 0 aromatic carbocycles. The standard InChI is InChI=1S/C15H23ClN2S/c1-2-18-8-6-11(7-9-18)17-13-4-3-5-14-12(13)10-15(16)19-14/h10-11,13,17H,2-9H2,1H3. The molecule has 4 heteroatoms. The first-order valence-corrected chi connectivity index (χ1v) is 8.72. The maximum atomic E-state index is 6.18. The van der Waals surface area contributed by atoms with Gasteiger partial charge in [0.2, 0.25) is 0 Å². The molecule has 2 aliphatic rings. The van der Waals surface area contributed by atoms with Crippen LogP contribution in [0.3, 0.4) is 0 Å². The molecule has 1 fully saturated rings. The second-order valence-corrected chi connectivity index (χ2v) is 7.52. The number of hydrogen-bond acceptors (Lipinski definition) is 3. The van der Waals surface area contributed by atoms with Crippen molar-refractivity contribution in [3.05, 3.63) is 20.8 Å². The van der Waals surface area contributed by atoms with Crippen LogP contribution in [0.1, 0.15) is 49.1 Å². The first-order chi connectivity index (χ1) is 9.26. The van der Waals surface area contributed by atoms with Crippen molar-refractivity contribution in [1.82, 2.24) is 10.2 Å². The zero-order valence-corrected chi connectivity index (χ0v) is 13.2. The van der Waals surface area contributed by atoms with Crippen molar-refractivity contribution in [3.63, 3.8) is 0 Å². The van der Waals surface area contributed by atoms with Gasteiger partial charge in [0.25, 0.3) is 0 Å². The van der Waals surface area contributed by atoms with Crippen molar-refractivity contribution in [2.45, 2.75) is 51.1 Å². The minimum Gasteiger partial charge on any atom is -0.307 e. The van der Waals surface area contributed by atoms with E-state index in [0.29, 0.717) is 12.1 Å². The van der Waals surface area contributed by atoms with E-state index in [1.165, 1.54) is 62.2 Å². The van der Waals surface area contributed by atoms with Crippen LogP contribution in [0.15, 0.2) is 6.07 Å². The summed E-state index contributed by atoms with van der Waals surface area (Å²) in [7, 11) is 0. The Balaban J connectivity index is 1.62. The molecule has 19 heavy (non-hydrogen) atoms. The molecule has 2 heterocycles. The molecule has 1 unspecified atom stereocenters. The molecule has 1 aromatic heterocycles. The van der Waals surface area contributed by atoms with Crippen molar-refractivity contribution in [1.29, 1.82) is 0 Å². The van der Waals surface area contributed by atoms with Gasteiger partial charge in [-0.05, 0) is 63.4 Å². The zero-order chi connectivity index (χ0) is 13.2. The van der Waals surface area contributed by atoms with Gasteiger partial charge in [-0.3, -0.25) is 0 Å². The van der Waals surface area contributed by atoms with E-state index in [-0.39, 0.29) is 0 Å². The first kappa shape index (κ1) is 13.9. The molecule has 1 atom stereocenters. The number of halogens is 1. The highest BCUT2D eigenvalue weighted by Gasteiger charge is 2.26. The predicted octanol–water partition coefficient (Wildman–Crippen LogP) is 3.85. The van der Waals surface area contributed by atoms with Gasteiger partial charge >= 0.3 is 0 Å². The lowest BCUT2D eigenvalue weighted by Crippen LogP contribution is -2.44. The van der Waals surface area contributed by atoms with Gasteiger partial charge in [-0.2, -0.15) is 0 Å². The van der Waals surface area contributed by atoms with Crippen molar-refractivity contribution >= 4 is 22.9 Å². The van der Waals surface area contributed by atoms with Gasteiger partial charge in [0, 0.05) is 17.0 Å². The summed E-state index contributed by atoms with van der Waals surface area (Å²) in [5, 5.41) is 3.89. The molecule has 0 amide bonds. The van der Waals surface area contributed by atoms with E-state index in [4.69, 9.17) is 11.6 Å². The van der Waals surface area contributed by atoms with Gasteiger partial charge < -0.3 is 10.2 Å². The smallest absolute Gasteiger partial charge is 0.0934 e. The molecule has 0 spiro atoms. The molecule has 1 N–H and O–H groups in total. The highest BCUT2D eigenvalue weighted by molar-refractivity contribution is 7.16. The summed E-state index contributed by atoms with van der Waals surface area (Å²) in [4.78, 5) is 4.06. The topological polar surface area (TPSA) is 15.3 Å². The number of thiophene rings is 1. The van der Waals surface area contributed by atoms with Gasteiger partial charge in [0.1, 0.15) is 0 Å². The highest BCUT2D eigenvalue weighted by Crippen LogP contribution is 2.38. The average molecular weight is 299 g/mol. The number of rotatable bonds is 3. The van der Waals surface area contributed by atoms with Gasteiger partial charge in [0.15, 0.2) is 0 Å². The molecular formula is C15H23ClN2S. The molecule has 1 saturated heterocycles. The van der Waals surface area contributed by atoms with E-state index in [0.717, 1.165) is 4.34 Å². The van der Waals surface area contributed by atoms with Crippen molar-refractivity contribution in [2.24, 2.45) is 0 Å². The Morgan fingerprint density at radius 2 is 2.16 bits per heavy atom. The quantitative estimate of drug-likeness (QED) is 0.912. The molecule has 1 aliphatic heterocycles. The Kier molecular flexibility index (Phi) is 4.47. The van der Waals surface area contributed by atoms with Gasteiger partial charge in [-0.1, -0.05) is 18.5 Å². The second kappa shape index (κ2) is 6.13. The third-order valence-corrected chi connectivity index (χ3v) is 5.90. The van der Waals surface area contributed by atoms with Gasteiger partial charge in [0.05, 0.1) is 4.34 Å². The lowest BCUT2D eigenvalue weighted by Gasteiger charge is -2.35. The molecule has 0 bridgehead atoms. The van der Waals surface area contributed by atoms with Crippen LogP contribution < -0.4 is 5.32 Å². The fourth-order valence-corrected chi connectivity index (χ4v) is 4.78. The minimum absolute atomic E-state index is 0.547. The fraction of sp³-hybridized carbons (Fsp3) is 0.733. The van der Waals surface area contributed by atoms with E-state index >= 15 is 0 Å². The number of likely N-dealkylation sites (tertiary alicyclic amines) is 1. The largest absolute Gasteiger partial charge is 0.307 e. The normalized spacial score (nSPS) is 25.5. The van der Waals surface area contributed by atoms with E-state index in [9.17, 15) is 0 Å². The molecule has 0 radical (unpaired) electrons. The summed E-state index contributed by atoms with van der Waals surface area (Å²) in [6, 6.07) is 3.43. The molecule has 3 rings (SSSR count). The Hall–Kier alpha value is -0.0900. The molecule has 2 nitrogen and oxygen atoms in total. The summed E-state index contributed by atoms with van der Waals surface area (Å²) in [6.45, 7) is 5.95. The number of fused-ring (bicyclic) bond motifs is 1. The Morgan fingerprint density at radius 3 is 2.89 bits per heavy atom. The van der Waals surface area contributed by atoms with E-state index < -0.39 is 0 Å². The number of hydrogen-bond donors (Lipinski definition) is 1. The SMILES string of the molecule is CCN1CCC(NC2CCCc3sc(Cl)cc32)CC1. The van der Waals surface area contributed by atoms with Gasteiger partial charge in [-0.15, -0.1) is 11.3 Å². The number of nitrogens with zero attached hydrogens (tertiary/aromatic N) is 1. The molecule has 1 aliphatic carbocycles. The lowest BCUT2D eigenvalue weighted by molar-refractivity contribution is 0.196. The number of piperidine rings is 1. The van der Waals surface area contributed by atoms with Gasteiger partial charge in [-0.25, -0.2) is 0 Å². The third-order valence-electron chi connectivity index (χ3n) is 4.56. The summed E-state index contributed by atoms with van der Waals surface area (Å²) < 4.78 is 0.958. The highest BCUT2D eigenvalue weighted by atomic mass is 35.5. The van der Waals surface area contributed by atoms with Crippen LogP contribution in [0, 0.1) is 0 Å². The summed E-state index contributed by atoms with van der Waals surface area (Å²) in [5.41, 5.74) is 1.49. The lowest BCUT2D eigenvalue weighted by atomic mass is 9.92. The maximum absolute atomic E-state index is 6.18. The molecule has 0 saturated carbocycles. The second-order valence-electron chi connectivity index (χ2n) is 5.75. The fourth-order valence-electron chi connectivity index (χ4n) is 3.39. The molecule has 1 aromatic rings. The van der Waals surface area contributed by atoms with Crippen molar-refractivity contribution in [3.8, 4) is 0 Å². The molecular weight excluding hydrogens is 276 g/mol. The monoisotopic (exact) mass is 298 g/mol. The van der Waals surface area contributed by atoms with E-state index in [2.05, 4.69) is 23.2 Å². The van der Waals surface area contributed by atoms with E-state index in [1.54, 1.807) is 11.3 Å². The van der Waals surface area contributed by atoms with Crippen LogP contribution in [0.2, 0.25) is 4.34 Å². The van der Waals surface area contributed by atoms with Crippen LogP contribution in [0.4, 0.5) is 0 Å². The maximum Gasteiger partial charge on any atom is 0.0934 e. The Labute approximate surface area is 125 Å². The third kappa shape index (κ3) is 3.15. The summed E-state index contributed by atoms with van der Waals surface area (Å²) in [6.07, 6.45) is 6.37. The van der Waals surface area contributed by atoms with Crippen LogP contribution >= 0.6 is 22.9 Å². The Morgan fingerprint density at radius 1 is 1.37 bits per heavy atom. The van der Waals surface area contributed by atoms with E-state index in [1.807, 2.05) is 0 Å². The van der Waals surface area contributed by atoms with Crippen LogP contribution in [0.25, 0.3) is 0 Å². The van der Waals surface area contributed by atoms with Crippen LogP contribution in [-0.2, 0) is 6.42 Å². The van der Waals surface area contributed by atoms with Crippen LogP contribution in [0.5, 0.6) is 0 Å². The predicted molar refractivity (Wildman–Crippen MR) is 83.3 cm³/mol. The zero-order valence-electron chi connectivity index (χ0n) is 11.6. The van der Waals surface area contributed by atoms with Crippen LogP contribution in [-0.4, -0.2) is 30.6 Å². The minimum atomic E-state index is 0.547. The number of aryl methyl sites for hydroxylation is 1. The average Bonchev–Trinajstić information content (AvgIpc) is 2.81.